The number of nitrogens with zero attached hydrogens (tertiary/aromatic N) is 2. The minimum absolute atomic E-state index is 0.564. The van der Waals surface area contributed by atoms with Crippen LogP contribution in [-0.4, -0.2) is 44.4 Å². The van der Waals surface area contributed by atoms with E-state index in [2.05, 4.69) is 47.9 Å². The van der Waals surface area contributed by atoms with Gasteiger partial charge in [0.2, 0.25) is 11.7 Å². The Balaban J connectivity index is 2.19. The molecule has 0 fully saturated rings. The van der Waals surface area contributed by atoms with E-state index in [1.165, 1.54) is 0 Å². The first-order chi connectivity index (χ1) is 13.9. The molecule has 2 aromatic rings. The number of ether oxygens (including phenoxy) is 3. The molecule has 2 N–H and O–H groups in total. The fourth-order valence-corrected chi connectivity index (χ4v) is 3.01. The minimum atomic E-state index is 0.564. The Kier molecular flexibility index (Phi) is 8.49. The summed E-state index contributed by atoms with van der Waals surface area (Å²) < 4.78 is 16.2. The smallest absolute Gasteiger partial charge is 0.206 e. The lowest BCUT2D eigenvalue weighted by Gasteiger charge is -2.24. The topological polar surface area (TPSA) is 71.6 Å². The summed E-state index contributed by atoms with van der Waals surface area (Å²) in [6, 6.07) is 3.72. The SMILES string of the molecule is COc1cc(Nc2ncc(N(CCC(C)C)CCC(C)C)[nH]2)cc(OC)c1OC. The highest BCUT2D eigenvalue weighted by Gasteiger charge is 2.15. The van der Waals surface area contributed by atoms with E-state index in [0.29, 0.717) is 35.0 Å². The predicted octanol–water partition coefficient (Wildman–Crippen LogP) is 5.08. The van der Waals surface area contributed by atoms with Gasteiger partial charge in [0.15, 0.2) is 11.5 Å². The van der Waals surface area contributed by atoms with Gasteiger partial charge in [-0.25, -0.2) is 4.98 Å². The van der Waals surface area contributed by atoms with E-state index in [0.717, 1.165) is 37.4 Å². The summed E-state index contributed by atoms with van der Waals surface area (Å²) in [6.45, 7) is 11.0. The van der Waals surface area contributed by atoms with Crippen LogP contribution >= 0.6 is 0 Å². The largest absolute Gasteiger partial charge is 0.493 e. The van der Waals surface area contributed by atoms with Crippen molar-refractivity contribution in [1.82, 2.24) is 9.97 Å². The molecular formula is C22H36N4O3. The molecule has 0 saturated carbocycles. The average molecular weight is 405 g/mol. The van der Waals surface area contributed by atoms with Crippen LogP contribution in [0.3, 0.4) is 0 Å². The van der Waals surface area contributed by atoms with Crippen molar-refractivity contribution in [2.75, 3.05) is 44.6 Å². The molecule has 162 valence electrons. The van der Waals surface area contributed by atoms with Gasteiger partial charge in [0, 0.05) is 30.9 Å². The normalized spacial score (nSPS) is 11.1. The molecule has 0 amide bonds. The van der Waals surface area contributed by atoms with Crippen molar-refractivity contribution in [3.8, 4) is 17.2 Å². The number of rotatable bonds is 12. The first kappa shape index (κ1) is 22.7. The van der Waals surface area contributed by atoms with E-state index >= 15 is 0 Å². The van der Waals surface area contributed by atoms with Crippen LogP contribution in [0.25, 0.3) is 0 Å². The molecule has 1 aromatic carbocycles. The van der Waals surface area contributed by atoms with Gasteiger partial charge in [0.25, 0.3) is 0 Å². The van der Waals surface area contributed by atoms with Gasteiger partial charge in [-0.05, 0) is 24.7 Å². The molecule has 0 saturated heterocycles. The zero-order valence-electron chi connectivity index (χ0n) is 18.8. The zero-order valence-corrected chi connectivity index (χ0v) is 18.8. The second-order valence-electron chi connectivity index (χ2n) is 8.01. The van der Waals surface area contributed by atoms with Crippen LogP contribution in [0.2, 0.25) is 0 Å². The lowest BCUT2D eigenvalue weighted by molar-refractivity contribution is 0.324. The third-order valence-electron chi connectivity index (χ3n) is 4.78. The van der Waals surface area contributed by atoms with Crippen LogP contribution < -0.4 is 24.4 Å². The molecule has 0 atom stereocenters. The number of benzene rings is 1. The number of aromatic amines is 1. The molecule has 29 heavy (non-hydrogen) atoms. The number of hydrogen-bond acceptors (Lipinski definition) is 6. The van der Waals surface area contributed by atoms with E-state index < -0.39 is 0 Å². The average Bonchev–Trinajstić information content (AvgIpc) is 3.14. The third kappa shape index (κ3) is 6.48. The van der Waals surface area contributed by atoms with Crippen LogP contribution in [0.5, 0.6) is 17.2 Å². The summed E-state index contributed by atoms with van der Waals surface area (Å²) in [6.07, 6.45) is 4.18. The third-order valence-corrected chi connectivity index (χ3v) is 4.78. The molecule has 0 aliphatic carbocycles. The van der Waals surface area contributed by atoms with Crippen molar-refractivity contribution >= 4 is 17.5 Å². The fraction of sp³-hybridized carbons (Fsp3) is 0.591. The number of anilines is 3. The summed E-state index contributed by atoms with van der Waals surface area (Å²) in [5, 5.41) is 3.30. The summed E-state index contributed by atoms with van der Waals surface area (Å²) in [5.41, 5.74) is 0.802. The molecule has 0 unspecified atom stereocenters. The molecule has 2 rings (SSSR count). The monoisotopic (exact) mass is 404 g/mol. The minimum Gasteiger partial charge on any atom is -0.493 e. The molecule has 1 heterocycles. The maximum Gasteiger partial charge on any atom is 0.206 e. The molecule has 0 spiro atoms. The van der Waals surface area contributed by atoms with Crippen molar-refractivity contribution in [1.29, 1.82) is 0 Å². The molecule has 7 heteroatoms. The summed E-state index contributed by atoms with van der Waals surface area (Å²) in [5.74, 6) is 4.78. The van der Waals surface area contributed by atoms with Gasteiger partial charge in [-0.15, -0.1) is 0 Å². The van der Waals surface area contributed by atoms with Gasteiger partial charge in [-0.1, -0.05) is 27.7 Å². The first-order valence-electron chi connectivity index (χ1n) is 10.2. The van der Waals surface area contributed by atoms with Crippen molar-refractivity contribution in [2.45, 2.75) is 40.5 Å². The van der Waals surface area contributed by atoms with Gasteiger partial charge in [0.1, 0.15) is 5.82 Å². The van der Waals surface area contributed by atoms with Crippen LogP contribution in [0.4, 0.5) is 17.5 Å². The highest BCUT2D eigenvalue weighted by Crippen LogP contribution is 2.40. The number of nitrogens with one attached hydrogen (secondary N) is 2. The molecule has 0 aliphatic heterocycles. The van der Waals surface area contributed by atoms with Gasteiger partial charge >= 0.3 is 0 Å². The van der Waals surface area contributed by atoms with Crippen LogP contribution in [0.1, 0.15) is 40.5 Å². The fourth-order valence-electron chi connectivity index (χ4n) is 3.01. The second kappa shape index (κ2) is 10.8. The Labute approximate surface area is 174 Å². The van der Waals surface area contributed by atoms with Crippen molar-refractivity contribution < 1.29 is 14.2 Å². The molecule has 7 nitrogen and oxygen atoms in total. The molecule has 0 aliphatic rings. The second-order valence-corrected chi connectivity index (χ2v) is 8.01. The number of hydrogen-bond donors (Lipinski definition) is 2. The van der Waals surface area contributed by atoms with Crippen molar-refractivity contribution in [2.24, 2.45) is 11.8 Å². The summed E-state index contributed by atoms with van der Waals surface area (Å²) in [7, 11) is 4.80. The molecule has 0 radical (unpaired) electrons. The maximum absolute atomic E-state index is 5.43. The zero-order chi connectivity index (χ0) is 21.4. The quantitative estimate of drug-likeness (QED) is 0.514. The van der Waals surface area contributed by atoms with E-state index in [1.807, 2.05) is 18.3 Å². The number of methoxy groups -OCH3 is 3. The molecular weight excluding hydrogens is 368 g/mol. The van der Waals surface area contributed by atoms with Gasteiger partial charge in [-0.3, -0.25) is 0 Å². The summed E-state index contributed by atoms with van der Waals surface area (Å²) in [4.78, 5) is 10.3. The van der Waals surface area contributed by atoms with Crippen LogP contribution in [0, 0.1) is 11.8 Å². The standard InChI is InChI=1S/C22H36N4O3/c1-15(2)8-10-26(11-9-16(3)4)20-14-23-22(25-20)24-17-12-18(27-5)21(29-7)19(13-17)28-6/h12-16H,8-11H2,1-7H3,(H2,23,24,25). The van der Waals surface area contributed by atoms with Gasteiger partial charge in [-0.2, -0.15) is 0 Å². The van der Waals surface area contributed by atoms with Gasteiger partial charge in [0.05, 0.1) is 27.5 Å². The first-order valence-corrected chi connectivity index (χ1v) is 10.2. The predicted molar refractivity (Wildman–Crippen MR) is 119 cm³/mol. The Morgan fingerprint density at radius 3 is 1.93 bits per heavy atom. The Hall–Kier alpha value is -2.57. The Morgan fingerprint density at radius 1 is 0.931 bits per heavy atom. The lowest BCUT2D eigenvalue weighted by atomic mass is 10.1. The van der Waals surface area contributed by atoms with Crippen molar-refractivity contribution in [3.05, 3.63) is 18.3 Å². The Bertz CT molecular complexity index is 721. The van der Waals surface area contributed by atoms with Gasteiger partial charge < -0.3 is 29.4 Å². The van der Waals surface area contributed by atoms with E-state index in [9.17, 15) is 0 Å². The number of imidazole rings is 1. The summed E-state index contributed by atoms with van der Waals surface area (Å²) >= 11 is 0. The van der Waals surface area contributed by atoms with Crippen molar-refractivity contribution in [3.63, 3.8) is 0 Å². The van der Waals surface area contributed by atoms with E-state index in [-0.39, 0.29) is 0 Å². The van der Waals surface area contributed by atoms with Crippen LogP contribution in [-0.2, 0) is 0 Å². The molecule has 1 aromatic heterocycles. The van der Waals surface area contributed by atoms with E-state index in [4.69, 9.17) is 14.2 Å². The number of H-pyrrole nitrogens is 1. The highest BCUT2D eigenvalue weighted by atomic mass is 16.5. The Morgan fingerprint density at radius 2 is 1.48 bits per heavy atom. The maximum atomic E-state index is 5.43. The van der Waals surface area contributed by atoms with Crippen LogP contribution in [0.15, 0.2) is 18.3 Å². The lowest BCUT2D eigenvalue weighted by Crippen LogP contribution is -2.27. The molecule has 0 bridgehead atoms. The number of aromatic nitrogens is 2. The van der Waals surface area contributed by atoms with E-state index in [1.54, 1.807) is 21.3 Å². The highest BCUT2D eigenvalue weighted by molar-refractivity contribution is 5.66.